The summed E-state index contributed by atoms with van der Waals surface area (Å²) < 4.78 is 0. The summed E-state index contributed by atoms with van der Waals surface area (Å²) in [6.45, 7) is 1.67. The first-order valence-corrected chi connectivity index (χ1v) is 6.77. The van der Waals surface area contributed by atoms with Crippen molar-refractivity contribution in [3.05, 3.63) is 24.3 Å². The molecule has 1 heterocycles. The molecule has 1 aromatic carbocycles. The molecule has 5 heteroatoms. The van der Waals surface area contributed by atoms with E-state index in [9.17, 15) is 0 Å². The van der Waals surface area contributed by atoms with Crippen LogP contribution in [0.4, 0.5) is 11.8 Å². The third kappa shape index (κ3) is 3.79. The predicted octanol–water partition coefficient (Wildman–Crippen LogP) is 2.14. The lowest BCUT2D eigenvalue weighted by atomic mass is 10.2. The van der Waals surface area contributed by atoms with Crippen molar-refractivity contribution in [1.82, 2.24) is 9.97 Å². The van der Waals surface area contributed by atoms with Crippen LogP contribution >= 0.6 is 0 Å². The molecule has 5 N–H and O–H groups in total. The highest BCUT2D eigenvalue weighted by atomic mass is 15.1. The van der Waals surface area contributed by atoms with Crippen LogP contribution in [0.15, 0.2) is 24.3 Å². The van der Waals surface area contributed by atoms with E-state index in [-0.39, 0.29) is 0 Å². The van der Waals surface area contributed by atoms with E-state index < -0.39 is 0 Å². The van der Waals surface area contributed by atoms with Gasteiger partial charge in [-0.05, 0) is 31.5 Å². The van der Waals surface area contributed by atoms with Gasteiger partial charge >= 0.3 is 0 Å². The normalized spacial score (nSPS) is 10.8. The Morgan fingerprint density at radius 3 is 2.63 bits per heavy atom. The maximum Gasteiger partial charge on any atom is 0.222 e. The molecule has 5 nitrogen and oxygen atoms in total. The van der Waals surface area contributed by atoms with Crippen LogP contribution in [0.1, 0.15) is 25.7 Å². The molecule has 0 amide bonds. The van der Waals surface area contributed by atoms with E-state index in [4.69, 9.17) is 11.5 Å². The Morgan fingerprint density at radius 1 is 1.00 bits per heavy atom. The molecule has 0 radical (unpaired) electrons. The van der Waals surface area contributed by atoms with Crippen LogP contribution in [0, 0.1) is 0 Å². The SMILES string of the molecule is NCCCCCCNc1nc(N)nc2ccccc12. The molecule has 0 atom stereocenters. The van der Waals surface area contributed by atoms with E-state index in [0.717, 1.165) is 42.7 Å². The van der Waals surface area contributed by atoms with Crippen molar-refractivity contribution in [2.75, 3.05) is 24.1 Å². The van der Waals surface area contributed by atoms with Gasteiger partial charge in [-0.1, -0.05) is 25.0 Å². The van der Waals surface area contributed by atoms with E-state index in [1.165, 1.54) is 12.8 Å². The molecule has 0 fully saturated rings. The summed E-state index contributed by atoms with van der Waals surface area (Å²) in [7, 11) is 0. The van der Waals surface area contributed by atoms with Gasteiger partial charge in [-0.2, -0.15) is 4.98 Å². The highest BCUT2D eigenvalue weighted by Crippen LogP contribution is 2.20. The summed E-state index contributed by atoms with van der Waals surface area (Å²) >= 11 is 0. The molecule has 2 rings (SSSR count). The lowest BCUT2D eigenvalue weighted by molar-refractivity contribution is 0.661. The summed E-state index contributed by atoms with van der Waals surface area (Å²) in [6, 6.07) is 7.88. The fourth-order valence-electron chi connectivity index (χ4n) is 2.06. The molecular formula is C14H21N5. The monoisotopic (exact) mass is 259 g/mol. The summed E-state index contributed by atoms with van der Waals surface area (Å²) in [5.41, 5.74) is 12.1. The van der Waals surface area contributed by atoms with Crippen molar-refractivity contribution in [2.45, 2.75) is 25.7 Å². The summed E-state index contributed by atoms with van der Waals surface area (Å²) in [6.07, 6.45) is 4.58. The number of nitrogens with zero attached hydrogens (tertiary/aromatic N) is 2. The van der Waals surface area contributed by atoms with Crippen molar-refractivity contribution in [3.8, 4) is 0 Å². The fourth-order valence-corrected chi connectivity index (χ4v) is 2.06. The smallest absolute Gasteiger partial charge is 0.222 e. The fraction of sp³-hybridized carbons (Fsp3) is 0.429. The number of anilines is 2. The van der Waals surface area contributed by atoms with E-state index in [0.29, 0.717) is 5.95 Å². The molecule has 0 aliphatic carbocycles. The summed E-state index contributed by atoms with van der Waals surface area (Å²) in [5.74, 6) is 1.13. The Balaban J connectivity index is 1.96. The molecular weight excluding hydrogens is 238 g/mol. The van der Waals surface area contributed by atoms with Crippen molar-refractivity contribution in [3.63, 3.8) is 0 Å². The number of nitrogens with one attached hydrogen (secondary N) is 1. The van der Waals surface area contributed by atoms with Crippen molar-refractivity contribution >= 4 is 22.7 Å². The number of hydrogen-bond donors (Lipinski definition) is 3. The van der Waals surface area contributed by atoms with Gasteiger partial charge in [0.15, 0.2) is 0 Å². The number of unbranched alkanes of at least 4 members (excludes halogenated alkanes) is 3. The van der Waals surface area contributed by atoms with Gasteiger partial charge in [0, 0.05) is 11.9 Å². The average molecular weight is 259 g/mol. The summed E-state index contributed by atoms with van der Waals surface area (Å²) in [5, 5.41) is 4.36. The largest absolute Gasteiger partial charge is 0.369 e. The standard InChI is InChI=1S/C14H21N5/c15-9-5-1-2-6-10-17-13-11-7-3-4-8-12(11)18-14(16)19-13/h3-4,7-8H,1-2,5-6,9-10,15H2,(H3,16,17,18,19). The first-order chi connectivity index (χ1) is 9.31. The number of nitrogen functional groups attached to an aromatic ring is 1. The molecule has 19 heavy (non-hydrogen) atoms. The zero-order valence-electron chi connectivity index (χ0n) is 11.1. The molecule has 2 aromatic rings. The van der Waals surface area contributed by atoms with Crippen molar-refractivity contribution < 1.29 is 0 Å². The quantitative estimate of drug-likeness (QED) is 0.663. The number of rotatable bonds is 7. The van der Waals surface area contributed by atoms with Crippen LogP contribution < -0.4 is 16.8 Å². The zero-order chi connectivity index (χ0) is 13.5. The molecule has 0 saturated carbocycles. The Labute approximate surface area is 113 Å². The van der Waals surface area contributed by atoms with Crippen LogP contribution in [-0.4, -0.2) is 23.1 Å². The van der Waals surface area contributed by atoms with Gasteiger partial charge < -0.3 is 16.8 Å². The average Bonchev–Trinajstić information content (AvgIpc) is 2.42. The number of fused-ring (bicyclic) bond motifs is 1. The topological polar surface area (TPSA) is 89.8 Å². The van der Waals surface area contributed by atoms with Gasteiger partial charge in [0.25, 0.3) is 0 Å². The van der Waals surface area contributed by atoms with Crippen LogP contribution in [0.5, 0.6) is 0 Å². The number of nitrogens with two attached hydrogens (primary N) is 2. The maximum absolute atomic E-state index is 5.72. The lowest BCUT2D eigenvalue weighted by Crippen LogP contribution is -2.07. The highest BCUT2D eigenvalue weighted by Gasteiger charge is 2.04. The molecule has 0 aliphatic rings. The van der Waals surface area contributed by atoms with E-state index >= 15 is 0 Å². The minimum Gasteiger partial charge on any atom is -0.369 e. The third-order valence-electron chi connectivity index (χ3n) is 3.04. The minimum absolute atomic E-state index is 0.310. The van der Waals surface area contributed by atoms with Crippen LogP contribution in [0.25, 0.3) is 10.9 Å². The number of aromatic nitrogens is 2. The van der Waals surface area contributed by atoms with E-state index in [1.807, 2.05) is 24.3 Å². The molecule has 0 saturated heterocycles. The Kier molecular flexibility index (Phi) is 4.92. The van der Waals surface area contributed by atoms with Crippen LogP contribution in [-0.2, 0) is 0 Å². The van der Waals surface area contributed by atoms with Gasteiger partial charge in [-0.3, -0.25) is 0 Å². The van der Waals surface area contributed by atoms with Crippen LogP contribution in [0.2, 0.25) is 0 Å². The second-order valence-corrected chi connectivity index (χ2v) is 4.58. The highest BCUT2D eigenvalue weighted by molar-refractivity contribution is 5.89. The van der Waals surface area contributed by atoms with Gasteiger partial charge in [0.1, 0.15) is 5.82 Å². The molecule has 0 unspecified atom stereocenters. The lowest BCUT2D eigenvalue weighted by Gasteiger charge is -2.09. The summed E-state index contributed by atoms with van der Waals surface area (Å²) in [4.78, 5) is 8.49. The Hall–Kier alpha value is -1.88. The van der Waals surface area contributed by atoms with E-state index in [1.54, 1.807) is 0 Å². The molecule has 0 spiro atoms. The van der Waals surface area contributed by atoms with Crippen LogP contribution in [0.3, 0.4) is 0 Å². The van der Waals surface area contributed by atoms with Gasteiger partial charge in [-0.25, -0.2) is 4.98 Å². The van der Waals surface area contributed by atoms with Crippen molar-refractivity contribution in [2.24, 2.45) is 5.73 Å². The molecule has 1 aromatic heterocycles. The zero-order valence-corrected chi connectivity index (χ0v) is 11.1. The van der Waals surface area contributed by atoms with E-state index in [2.05, 4.69) is 15.3 Å². The van der Waals surface area contributed by atoms with Gasteiger partial charge in [0.05, 0.1) is 5.52 Å². The maximum atomic E-state index is 5.72. The number of para-hydroxylation sites is 1. The molecule has 0 bridgehead atoms. The predicted molar refractivity (Wildman–Crippen MR) is 80.0 cm³/mol. The second-order valence-electron chi connectivity index (χ2n) is 4.58. The minimum atomic E-state index is 0.310. The van der Waals surface area contributed by atoms with Crippen molar-refractivity contribution in [1.29, 1.82) is 0 Å². The Morgan fingerprint density at radius 2 is 1.79 bits per heavy atom. The second kappa shape index (κ2) is 6.89. The number of benzene rings is 1. The Bertz CT molecular complexity index is 526. The van der Waals surface area contributed by atoms with Gasteiger partial charge in [0.2, 0.25) is 5.95 Å². The molecule has 102 valence electrons. The third-order valence-corrected chi connectivity index (χ3v) is 3.04. The first-order valence-electron chi connectivity index (χ1n) is 6.77. The first kappa shape index (κ1) is 13.5. The van der Waals surface area contributed by atoms with Gasteiger partial charge in [-0.15, -0.1) is 0 Å². The number of hydrogen-bond acceptors (Lipinski definition) is 5. The molecule has 0 aliphatic heterocycles.